The Morgan fingerprint density at radius 2 is 1.56 bits per heavy atom. The van der Waals surface area contributed by atoms with Crippen LogP contribution in [0.15, 0.2) is 30.3 Å². The van der Waals surface area contributed by atoms with Crippen molar-refractivity contribution < 1.29 is 33.0 Å². The molecule has 0 saturated heterocycles. The minimum absolute atomic E-state index is 0.0380. The molecule has 244 valence electrons. The summed E-state index contributed by atoms with van der Waals surface area (Å²) < 4.78 is 25.2. The van der Waals surface area contributed by atoms with Crippen molar-refractivity contribution in [2.45, 2.75) is 134 Å². The molecule has 0 heterocycles. The highest BCUT2D eigenvalue weighted by Crippen LogP contribution is 2.29. The summed E-state index contributed by atoms with van der Waals surface area (Å²) in [5.41, 5.74) is 0.758. The Labute approximate surface area is 258 Å². The first-order chi connectivity index (χ1) is 20.2. The highest BCUT2D eigenvalue weighted by atomic mass is 32.2. The average Bonchev–Trinajstić information content (AvgIpc) is 2.95. The van der Waals surface area contributed by atoms with Gasteiger partial charge in [0.15, 0.2) is 21.7 Å². The smallest absolute Gasteiger partial charge is 0.250 e. The van der Waals surface area contributed by atoms with Gasteiger partial charge in [-0.05, 0) is 57.9 Å². The first kappa shape index (κ1) is 36.9. The van der Waals surface area contributed by atoms with E-state index < -0.39 is 68.1 Å². The molecule has 0 spiro atoms. The average molecular weight is 623 g/mol. The lowest BCUT2D eigenvalue weighted by Crippen LogP contribution is -2.58. The van der Waals surface area contributed by atoms with E-state index in [0.717, 1.165) is 37.7 Å². The molecule has 1 aliphatic rings. The monoisotopic (exact) mass is 622 g/mol. The normalized spacial score (nSPS) is 18.2. The van der Waals surface area contributed by atoms with Crippen LogP contribution in [0.2, 0.25) is 0 Å². The van der Waals surface area contributed by atoms with Crippen molar-refractivity contribution in [3.63, 3.8) is 0 Å². The third kappa shape index (κ3) is 11.6. The van der Waals surface area contributed by atoms with Gasteiger partial charge in [0.05, 0.1) is 34.7 Å². The van der Waals surface area contributed by atoms with Gasteiger partial charge in [-0.2, -0.15) is 0 Å². The van der Waals surface area contributed by atoms with Crippen molar-refractivity contribution >= 4 is 27.4 Å². The van der Waals surface area contributed by atoms with Crippen LogP contribution in [0.3, 0.4) is 0 Å². The first-order valence-corrected chi connectivity index (χ1v) is 17.6. The van der Waals surface area contributed by atoms with Crippen molar-refractivity contribution in [3.8, 4) is 0 Å². The molecule has 2 rings (SSSR count). The number of carbonyl (C=O) groups is 3. The van der Waals surface area contributed by atoms with Gasteiger partial charge in [0, 0.05) is 6.42 Å². The molecule has 1 aliphatic carbocycles. The summed E-state index contributed by atoms with van der Waals surface area (Å²) in [4.78, 5) is 40.6. The number of aliphatic hydroxyl groups excluding tert-OH is 2. The molecule has 9 nitrogen and oxygen atoms in total. The third-order valence-corrected chi connectivity index (χ3v) is 11.2. The SMILES string of the molecule is CCCC(=O)C(NC(=O)C(Cc1ccccc1)CS(=O)(=O)C(C)(C)C)C(=O)NC(CC1CCCCC1)C(O)C(O)CCC. The van der Waals surface area contributed by atoms with E-state index in [1.807, 2.05) is 13.0 Å². The van der Waals surface area contributed by atoms with Crippen molar-refractivity contribution in [3.05, 3.63) is 35.9 Å². The zero-order chi connectivity index (χ0) is 32.2. The summed E-state index contributed by atoms with van der Waals surface area (Å²) in [5.74, 6) is -3.17. The van der Waals surface area contributed by atoms with Crippen LogP contribution in [0.5, 0.6) is 0 Å². The summed E-state index contributed by atoms with van der Waals surface area (Å²) in [6.45, 7) is 8.41. The number of Topliss-reactive ketones (excluding diaryl/α,β-unsaturated/α-hetero) is 1. The summed E-state index contributed by atoms with van der Waals surface area (Å²) in [6.07, 6.45) is 4.98. The van der Waals surface area contributed by atoms with Crippen LogP contribution in [0.1, 0.15) is 104 Å². The maximum atomic E-state index is 13.7. The molecule has 5 unspecified atom stereocenters. The summed E-state index contributed by atoms with van der Waals surface area (Å²) in [6, 6.07) is 6.68. The number of carbonyl (C=O) groups excluding carboxylic acids is 3. The number of amides is 2. The Bertz CT molecular complexity index is 1130. The standard InChI is InChI=1S/C33H54N2O7S/c1-6-14-27(36)29(32(40)34-26(30(38)28(37)15-7-2)21-24-18-12-9-13-19-24)35-31(39)25(20-23-16-10-8-11-17-23)22-43(41,42)33(3,4)5/h8,10-11,16-17,24-26,28-30,37-38H,6-7,9,12-15,18-22H2,1-5H3,(H,34,40)(H,35,39). The van der Waals surface area contributed by atoms with Crippen LogP contribution < -0.4 is 10.6 Å². The summed E-state index contributed by atoms with van der Waals surface area (Å²) in [7, 11) is -3.72. The number of ketones is 1. The van der Waals surface area contributed by atoms with Gasteiger partial charge in [-0.3, -0.25) is 14.4 Å². The van der Waals surface area contributed by atoms with Crippen molar-refractivity contribution in [1.29, 1.82) is 0 Å². The fraction of sp³-hybridized carbons (Fsp3) is 0.727. The first-order valence-electron chi connectivity index (χ1n) is 16.0. The van der Waals surface area contributed by atoms with Gasteiger partial charge >= 0.3 is 0 Å². The van der Waals surface area contributed by atoms with E-state index in [1.54, 1.807) is 52.0 Å². The third-order valence-electron chi connectivity index (χ3n) is 8.45. The number of sulfone groups is 1. The van der Waals surface area contributed by atoms with E-state index >= 15 is 0 Å². The van der Waals surface area contributed by atoms with Gasteiger partial charge in [-0.15, -0.1) is 0 Å². The molecule has 10 heteroatoms. The van der Waals surface area contributed by atoms with Crippen LogP contribution in [0, 0.1) is 11.8 Å². The van der Waals surface area contributed by atoms with E-state index in [-0.39, 0.29) is 18.8 Å². The molecule has 0 radical (unpaired) electrons. The zero-order valence-electron chi connectivity index (χ0n) is 26.7. The molecular formula is C33H54N2O7S. The van der Waals surface area contributed by atoms with Crippen LogP contribution in [0.4, 0.5) is 0 Å². The molecule has 1 aromatic carbocycles. The molecule has 5 atom stereocenters. The quantitative estimate of drug-likeness (QED) is 0.193. The number of nitrogens with one attached hydrogen (secondary N) is 2. The van der Waals surface area contributed by atoms with Crippen LogP contribution in [-0.2, 0) is 30.6 Å². The van der Waals surface area contributed by atoms with Gasteiger partial charge in [-0.25, -0.2) is 8.42 Å². The van der Waals surface area contributed by atoms with Crippen molar-refractivity contribution in [1.82, 2.24) is 10.6 Å². The lowest BCUT2D eigenvalue weighted by Gasteiger charge is -2.33. The maximum Gasteiger partial charge on any atom is 0.250 e. The Morgan fingerprint density at radius 1 is 0.930 bits per heavy atom. The van der Waals surface area contributed by atoms with E-state index in [4.69, 9.17) is 0 Å². The molecule has 43 heavy (non-hydrogen) atoms. The van der Waals surface area contributed by atoms with Crippen molar-refractivity contribution in [2.75, 3.05) is 5.75 Å². The van der Waals surface area contributed by atoms with E-state index in [2.05, 4.69) is 10.6 Å². The lowest BCUT2D eigenvalue weighted by molar-refractivity contribution is -0.138. The minimum Gasteiger partial charge on any atom is -0.390 e. The molecule has 1 fully saturated rings. The largest absolute Gasteiger partial charge is 0.390 e. The van der Waals surface area contributed by atoms with Crippen LogP contribution in [0.25, 0.3) is 0 Å². The van der Waals surface area contributed by atoms with E-state index in [9.17, 15) is 33.0 Å². The second kappa shape index (κ2) is 17.3. The lowest BCUT2D eigenvalue weighted by atomic mass is 9.82. The summed E-state index contributed by atoms with van der Waals surface area (Å²) in [5, 5.41) is 27.0. The fourth-order valence-electron chi connectivity index (χ4n) is 5.65. The second-order valence-corrected chi connectivity index (χ2v) is 15.9. The molecule has 2 amide bonds. The molecule has 1 aromatic rings. The van der Waals surface area contributed by atoms with Crippen molar-refractivity contribution in [2.24, 2.45) is 11.8 Å². The number of rotatable bonds is 17. The number of benzene rings is 1. The molecule has 1 saturated carbocycles. The maximum absolute atomic E-state index is 13.7. The molecule has 0 aromatic heterocycles. The van der Waals surface area contributed by atoms with Crippen LogP contribution >= 0.6 is 0 Å². The molecule has 0 aliphatic heterocycles. The van der Waals surface area contributed by atoms with Crippen LogP contribution in [-0.4, -0.2) is 71.0 Å². The van der Waals surface area contributed by atoms with E-state index in [1.165, 1.54) is 0 Å². The Hall–Kier alpha value is -2.30. The highest BCUT2D eigenvalue weighted by Gasteiger charge is 2.38. The Kier molecular flexibility index (Phi) is 14.8. The zero-order valence-corrected chi connectivity index (χ0v) is 27.5. The van der Waals surface area contributed by atoms with Gasteiger partial charge in [0.1, 0.15) is 0 Å². The number of hydrogen-bond donors (Lipinski definition) is 4. The number of aliphatic hydroxyl groups is 2. The Morgan fingerprint density at radius 3 is 2.12 bits per heavy atom. The van der Waals surface area contributed by atoms with Gasteiger partial charge < -0.3 is 20.8 Å². The van der Waals surface area contributed by atoms with Gasteiger partial charge in [0.25, 0.3) is 5.91 Å². The topological polar surface area (TPSA) is 150 Å². The molecule has 0 bridgehead atoms. The Balaban J connectivity index is 2.35. The minimum atomic E-state index is -3.72. The van der Waals surface area contributed by atoms with Gasteiger partial charge in [-0.1, -0.05) is 82.7 Å². The second-order valence-electron chi connectivity index (χ2n) is 13.1. The summed E-state index contributed by atoms with van der Waals surface area (Å²) >= 11 is 0. The molecular weight excluding hydrogens is 568 g/mol. The predicted molar refractivity (Wildman–Crippen MR) is 169 cm³/mol. The fourth-order valence-corrected chi connectivity index (χ4v) is 6.95. The van der Waals surface area contributed by atoms with Gasteiger partial charge in [0.2, 0.25) is 5.91 Å². The number of hydrogen-bond acceptors (Lipinski definition) is 7. The van der Waals surface area contributed by atoms with E-state index in [0.29, 0.717) is 25.7 Å². The highest BCUT2D eigenvalue weighted by molar-refractivity contribution is 7.92. The molecule has 4 N–H and O–H groups in total. The predicted octanol–water partition coefficient (Wildman–Crippen LogP) is 3.89.